The lowest BCUT2D eigenvalue weighted by Crippen LogP contribution is -2.02. The minimum atomic E-state index is 0.331. The van der Waals surface area contributed by atoms with Gasteiger partial charge in [-0.2, -0.15) is 0 Å². The standard InChI is InChI=1S/C15H22O2/c1-2-15(16)11-7-13-17-12-6-10-14-8-4-3-5-9-14/h3-5,8-9H,2,6-7,10-13H2,1H3. The topological polar surface area (TPSA) is 26.3 Å². The molecule has 0 atom stereocenters. The number of hydrogen-bond donors (Lipinski definition) is 0. The Labute approximate surface area is 104 Å². The molecule has 0 aromatic heterocycles. The quantitative estimate of drug-likeness (QED) is 0.612. The van der Waals surface area contributed by atoms with Gasteiger partial charge in [-0.3, -0.25) is 4.79 Å². The van der Waals surface area contributed by atoms with Crippen LogP contribution >= 0.6 is 0 Å². The number of benzene rings is 1. The van der Waals surface area contributed by atoms with E-state index in [4.69, 9.17) is 4.74 Å². The van der Waals surface area contributed by atoms with Crippen molar-refractivity contribution in [2.75, 3.05) is 13.2 Å². The normalized spacial score (nSPS) is 10.4. The van der Waals surface area contributed by atoms with E-state index in [2.05, 4.69) is 24.3 Å². The maximum atomic E-state index is 11.0. The van der Waals surface area contributed by atoms with Crippen molar-refractivity contribution in [3.8, 4) is 0 Å². The SMILES string of the molecule is CCC(=O)CCCOCCCc1ccccc1. The Balaban J connectivity index is 1.93. The third kappa shape index (κ3) is 6.90. The van der Waals surface area contributed by atoms with E-state index in [1.54, 1.807) is 0 Å². The van der Waals surface area contributed by atoms with Gasteiger partial charge in [-0.15, -0.1) is 0 Å². The molecule has 0 amide bonds. The Morgan fingerprint density at radius 3 is 2.53 bits per heavy atom. The van der Waals surface area contributed by atoms with Crippen molar-refractivity contribution in [2.45, 2.75) is 39.0 Å². The highest BCUT2D eigenvalue weighted by Gasteiger charge is 1.97. The molecule has 94 valence electrons. The zero-order chi connectivity index (χ0) is 12.3. The Hall–Kier alpha value is -1.15. The van der Waals surface area contributed by atoms with Crippen LogP contribution in [0.5, 0.6) is 0 Å². The van der Waals surface area contributed by atoms with E-state index in [1.165, 1.54) is 5.56 Å². The summed E-state index contributed by atoms with van der Waals surface area (Å²) in [5, 5.41) is 0. The molecule has 0 bridgehead atoms. The van der Waals surface area contributed by atoms with Gasteiger partial charge in [0, 0.05) is 26.1 Å². The third-order valence-corrected chi connectivity index (χ3v) is 2.74. The van der Waals surface area contributed by atoms with E-state index in [1.807, 2.05) is 13.0 Å². The highest BCUT2D eigenvalue weighted by atomic mass is 16.5. The summed E-state index contributed by atoms with van der Waals surface area (Å²) in [5.41, 5.74) is 1.36. The number of carbonyl (C=O) groups is 1. The van der Waals surface area contributed by atoms with Gasteiger partial charge < -0.3 is 4.74 Å². The van der Waals surface area contributed by atoms with Gasteiger partial charge in [0.2, 0.25) is 0 Å². The predicted molar refractivity (Wildman–Crippen MR) is 70.1 cm³/mol. The molecule has 0 spiro atoms. The van der Waals surface area contributed by atoms with E-state index in [9.17, 15) is 4.79 Å². The van der Waals surface area contributed by atoms with Gasteiger partial charge >= 0.3 is 0 Å². The van der Waals surface area contributed by atoms with Crippen molar-refractivity contribution in [1.29, 1.82) is 0 Å². The summed E-state index contributed by atoms with van der Waals surface area (Å²) in [6, 6.07) is 10.4. The summed E-state index contributed by atoms with van der Waals surface area (Å²) in [5.74, 6) is 0.331. The summed E-state index contributed by atoms with van der Waals surface area (Å²) in [6.07, 6.45) is 4.28. The molecule has 0 saturated heterocycles. The van der Waals surface area contributed by atoms with Crippen molar-refractivity contribution < 1.29 is 9.53 Å². The molecule has 0 aliphatic carbocycles. The molecule has 0 aliphatic rings. The van der Waals surface area contributed by atoms with E-state index in [0.717, 1.165) is 25.9 Å². The van der Waals surface area contributed by atoms with E-state index < -0.39 is 0 Å². The Bertz CT molecular complexity index is 306. The zero-order valence-electron chi connectivity index (χ0n) is 10.7. The molecule has 1 aromatic carbocycles. The van der Waals surface area contributed by atoms with Crippen molar-refractivity contribution >= 4 is 5.78 Å². The number of ketones is 1. The number of ether oxygens (including phenoxy) is 1. The first-order valence-electron chi connectivity index (χ1n) is 6.46. The summed E-state index contributed by atoms with van der Waals surface area (Å²) in [6.45, 7) is 3.40. The largest absolute Gasteiger partial charge is 0.381 e. The Morgan fingerprint density at radius 2 is 1.82 bits per heavy atom. The van der Waals surface area contributed by atoms with Crippen molar-refractivity contribution in [3.05, 3.63) is 35.9 Å². The number of Topliss-reactive ketones (excluding diaryl/α,β-unsaturated/α-hetero) is 1. The molecule has 0 radical (unpaired) electrons. The molecular formula is C15H22O2. The molecular weight excluding hydrogens is 212 g/mol. The first-order chi connectivity index (χ1) is 8.33. The van der Waals surface area contributed by atoms with Crippen LogP contribution in [0.25, 0.3) is 0 Å². The fraction of sp³-hybridized carbons (Fsp3) is 0.533. The first-order valence-corrected chi connectivity index (χ1v) is 6.46. The van der Waals surface area contributed by atoms with Crippen molar-refractivity contribution in [2.24, 2.45) is 0 Å². The molecule has 1 rings (SSSR count). The van der Waals surface area contributed by atoms with Gasteiger partial charge in [-0.1, -0.05) is 37.3 Å². The number of aryl methyl sites for hydroxylation is 1. The second-order valence-corrected chi connectivity index (χ2v) is 4.20. The number of hydrogen-bond acceptors (Lipinski definition) is 2. The van der Waals surface area contributed by atoms with Crippen LogP contribution in [-0.2, 0) is 16.0 Å². The fourth-order valence-electron chi connectivity index (χ4n) is 1.67. The van der Waals surface area contributed by atoms with E-state index in [-0.39, 0.29) is 0 Å². The average Bonchev–Trinajstić information content (AvgIpc) is 2.38. The minimum Gasteiger partial charge on any atom is -0.381 e. The Morgan fingerprint density at radius 1 is 1.12 bits per heavy atom. The maximum Gasteiger partial charge on any atom is 0.132 e. The van der Waals surface area contributed by atoms with Gasteiger partial charge in [0.1, 0.15) is 5.78 Å². The zero-order valence-corrected chi connectivity index (χ0v) is 10.7. The summed E-state index contributed by atoms with van der Waals surface area (Å²) >= 11 is 0. The highest BCUT2D eigenvalue weighted by molar-refractivity contribution is 5.77. The van der Waals surface area contributed by atoms with Crippen LogP contribution in [-0.4, -0.2) is 19.0 Å². The second-order valence-electron chi connectivity index (χ2n) is 4.20. The number of rotatable bonds is 9. The van der Waals surface area contributed by atoms with Crippen LogP contribution in [0.3, 0.4) is 0 Å². The van der Waals surface area contributed by atoms with Gasteiger partial charge in [-0.05, 0) is 24.8 Å². The average molecular weight is 234 g/mol. The minimum absolute atomic E-state index is 0.331. The predicted octanol–water partition coefficient (Wildman–Crippen LogP) is 3.40. The van der Waals surface area contributed by atoms with Crippen LogP contribution in [0.15, 0.2) is 30.3 Å². The second kappa shape index (κ2) is 8.94. The monoisotopic (exact) mass is 234 g/mol. The van der Waals surface area contributed by atoms with Crippen LogP contribution in [0, 0.1) is 0 Å². The van der Waals surface area contributed by atoms with Crippen LogP contribution in [0.1, 0.15) is 38.2 Å². The molecule has 2 nitrogen and oxygen atoms in total. The Kier molecular flexibility index (Phi) is 7.32. The van der Waals surface area contributed by atoms with Gasteiger partial charge in [0.25, 0.3) is 0 Å². The van der Waals surface area contributed by atoms with E-state index in [0.29, 0.717) is 25.2 Å². The lowest BCUT2D eigenvalue weighted by atomic mass is 10.1. The van der Waals surface area contributed by atoms with Gasteiger partial charge in [0.05, 0.1) is 0 Å². The fourth-order valence-corrected chi connectivity index (χ4v) is 1.67. The van der Waals surface area contributed by atoms with Gasteiger partial charge in [-0.25, -0.2) is 0 Å². The summed E-state index contributed by atoms with van der Waals surface area (Å²) < 4.78 is 5.50. The van der Waals surface area contributed by atoms with Crippen molar-refractivity contribution in [1.82, 2.24) is 0 Å². The third-order valence-electron chi connectivity index (χ3n) is 2.74. The molecule has 17 heavy (non-hydrogen) atoms. The summed E-state index contributed by atoms with van der Waals surface area (Å²) in [7, 11) is 0. The highest BCUT2D eigenvalue weighted by Crippen LogP contribution is 2.02. The lowest BCUT2D eigenvalue weighted by molar-refractivity contribution is -0.119. The molecule has 0 fully saturated rings. The van der Waals surface area contributed by atoms with Crippen molar-refractivity contribution in [3.63, 3.8) is 0 Å². The molecule has 1 aromatic rings. The van der Waals surface area contributed by atoms with E-state index >= 15 is 0 Å². The molecule has 0 N–H and O–H groups in total. The molecule has 0 saturated carbocycles. The van der Waals surface area contributed by atoms with Crippen LogP contribution < -0.4 is 0 Å². The molecule has 0 unspecified atom stereocenters. The summed E-state index contributed by atoms with van der Waals surface area (Å²) in [4.78, 5) is 11.0. The van der Waals surface area contributed by atoms with Crippen LogP contribution in [0.4, 0.5) is 0 Å². The smallest absolute Gasteiger partial charge is 0.132 e. The maximum absolute atomic E-state index is 11.0. The van der Waals surface area contributed by atoms with Crippen LogP contribution in [0.2, 0.25) is 0 Å². The van der Waals surface area contributed by atoms with Gasteiger partial charge in [0.15, 0.2) is 0 Å². The number of carbonyl (C=O) groups excluding carboxylic acids is 1. The lowest BCUT2D eigenvalue weighted by Gasteiger charge is -2.04. The molecule has 0 heterocycles. The molecule has 2 heteroatoms. The first kappa shape index (κ1) is 13.9. The molecule has 0 aliphatic heterocycles.